The molecular formula is C45H79NO3. The number of aliphatic hydroxyl groups excluding tert-OH is 2. The Kier molecular flexibility index (Phi) is 38.5. The van der Waals surface area contributed by atoms with E-state index in [4.69, 9.17) is 0 Å². The second-order valence-corrected chi connectivity index (χ2v) is 13.7. The van der Waals surface area contributed by atoms with E-state index in [1.165, 1.54) is 96.3 Å². The number of amides is 1. The van der Waals surface area contributed by atoms with Crippen LogP contribution in [0, 0.1) is 0 Å². The van der Waals surface area contributed by atoms with Crippen LogP contribution < -0.4 is 5.32 Å². The Labute approximate surface area is 304 Å². The van der Waals surface area contributed by atoms with E-state index in [-0.39, 0.29) is 12.5 Å². The number of nitrogens with one attached hydrogen (secondary N) is 1. The highest BCUT2D eigenvalue weighted by molar-refractivity contribution is 5.76. The summed E-state index contributed by atoms with van der Waals surface area (Å²) in [4.78, 5) is 12.3. The molecule has 4 nitrogen and oxygen atoms in total. The van der Waals surface area contributed by atoms with E-state index in [2.05, 4.69) is 92.1 Å². The molecule has 0 aromatic carbocycles. The Bertz CT molecular complexity index is 868. The predicted octanol–water partition coefficient (Wildman–Crippen LogP) is 12.7. The summed E-state index contributed by atoms with van der Waals surface area (Å²) in [7, 11) is 0. The van der Waals surface area contributed by atoms with Gasteiger partial charge in [-0.3, -0.25) is 4.79 Å². The minimum absolute atomic E-state index is 0.0431. The van der Waals surface area contributed by atoms with Gasteiger partial charge >= 0.3 is 0 Å². The van der Waals surface area contributed by atoms with Crippen molar-refractivity contribution in [3.05, 3.63) is 72.9 Å². The van der Waals surface area contributed by atoms with Crippen molar-refractivity contribution in [2.45, 2.75) is 199 Å². The largest absolute Gasteiger partial charge is 0.394 e. The van der Waals surface area contributed by atoms with Gasteiger partial charge < -0.3 is 15.5 Å². The van der Waals surface area contributed by atoms with E-state index >= 15 is 0 Å². The first-order valence-electron chi connectivity index (χ1n) is 20.6. The Balaban J connectivity index is 3.50. The molecule has 0 aromatic rings. The highest BCUT2D eigenvalue weighted by Crippen LogP contribution is 2.14. The zero-order valence-electron chi connectivity index (χ0n) is 32.2. The van der Waals surface area contributed by atoms with Gasteiger partial charge in [-0.1, -0.05) is 189 Å². The van der Waals surface area contributed by atoms with E-state index < -0.39 is 12.1 Å². The number of hydrogen-bond donors (Lipinski definition) is 3. The lowest BCUT2D eigenvalue weighted by Gasteiger charge is -2.22. The first-order valence-corrected chi connectivity index (χ1v) is 20.6. The molecule has 0 radical (unpaired) electrons. The molecule has 0 heterocycles. The summed E-state index contributed by atoms with van der Waals surface area (Å²) in [5, 5.41) is 22.8. The van der Waals surface area contributed by atoms with Crippen LogP contribution in [0.5, 0.6) is 0 Å². The second kappa shape index (κ2) is 40.3. The third-order valence-corrected chi connectivity index (χ3v) is 8.98. The lowest BCUT2D eigenvalue weighted by Crippen LogP contribution is -2.45. The summed E-state index contributed by atoms with van der Waals surface area (Å²) in [5.41, 5.74) is 0. The fourth-order valence-electron chi connectivity index (χ4n) is 5.83. The van der Waals surface area contributed by atoms with Crippen molar-refractivity contribution in [1.29, 1.82) is 0 Å². The smallest absolute Gasteiger partial charge is 0.220 e. The van der Waals surface area contributed by atoms with Gasteiger partial charge in [0.2, 0.25) is 5.91 Å². The molecule has 3 N–H and O–H groups in total. The number of carbonyl (C=O) groups is 1. The molecule has 1 amide bonds. The maximum Gasteiger partial charge on any atom is 0.220 e. The lowest BCUT2D eigenvalue weighted by molar-refractivity contribution is -0.123. The van der Waals surface area contributed by atoms with Gasteiger partial charge in [0.05, 0.1) is 18.8 Å². The van der Waals surface area contributed by atoms with Crippen molar-refractivity contribution in [1.82, 2.24) is 5.32 Å². The average molecular weight is 682 g/mol. The quantitative estimate of drug-likeness (QED) is 0.0455. The molecule has 0 saturated heterocycles. The molecule has 4 heteroatoms. The highest BCUT2D eigenvalue weighted by Gasteiger charge is 2.19. The van der Waals surface area contributed by atoms with Gasteiger partial charge in [0.1, 0.15) is 0 Å². The molecule has 0 aliphatic rings. The monoisotopic (exact) mass is 682 g/mol. The third kappa shape index (κ3) is 36.9. The van der Waals surface area contributed by atoms with E-state index in [0.717, 1.165) is 64.2 Å². The number of hydrogen-bond acceptors (Lipinski definition) is 3. The van der Waals surface area contributed by atoms with E-state index in [9.17, 15) is 15.0 Å². The molecule has 0 saturated carbocycles. The first-order chi connectivity index (χ1) is 24.2. The summed E-state index contributed by atoms with van der Waals surface area (Å²) >= 11 is 0. The molecule has 0 aliphatic carbocycles. The van der Waals surface area contributed by atoms with Gasteiger partial charge in [0.15, 0.2) is 0 Å². The number of allylic oxidation sites excluding steroid dienone is 12. The van der Waals surface area contributed by atoms with Crippen molar-refractivity contribution in [2.24, 2.45) is 0 Å². The Morgan fingerprint density at radius 3 is 1.35 bits per heavy atom. The van der Waals surface area contributed by atoms with Crippen LogP contribution in [0.25, 0.3) is 0 Å². The zero-order valence-corrected chi connectivity index (χ0v) is 32.2. The first kappa shape index (κ1) is 46.8. The molecule has 49 heavy (non-hydrogen) atoms. The Hall–Kier alpha value is -2.17. The van der Waals surface area contributed by atoms with Crippen molar-refractivity contribution in [2.75, 3.05) is 6.61 Å². The second-order valence-electron chi connectivity index (χ2n) is 13.7. The summed E-state index contributed by atoms with van der Waals surface area (Å²) < 4.78 is 0. The number of carbonyl (C=O) groups excluding carboxylic acids is 1. The molecule has 0 aliphatic heterocycles. The van der Waals surface area contributed by atoms with Gasteiger partial charge in [0, 0.05) is 6.42 Å². The molecular weight excluding hydrogens is 602 g/mol. The van der Waals surface area contributed by atoms with Gasteiger partial charge in [-0.15, -0.1) is 0 Å². The minimum atomic E-state index is -0.659. The van der Waals surface area contributed by atoms with E-state index in [1.807, 2.05) is 0 Å². The van der Waals surface area contributed by atoms with Crippen LogP contribution in [0.1, 0.15) is 187 Å². The van der Waals surface area contributed by atoms with Crippen molar-refractivity contribution in [3.63, 3.8) is 0 Å². The third-order valence-electron chi connectivity index (χ3n) is 8.98. The van der Waals surface area contributed by atoms with E-state index in [0.29, 0.717) is 12.8 Å². The predicted molar refractivity (Wildman–Crippen MR) is 216 cm³/mol. The lowest BCUT2D eigenvalue weighted by atomic mass is 10.0. The van der Waals surface area contributed by atoms with Gasteiger partial charge in [-0.05, 0) is 64.2 Å². The van der Waals surface area contributed by atoms with Crippen molar-refractivity contribution < 1.29 is 15.0 Å². The fourth-order valence-corrected chi connectivity index (χ4v) is 5.83. The standard InChI is InChI=1S/C45H79NO3/c1-3-5-7-9-11-12-13-14-15-16-17-18-19-20-21-22-23-24-25-26-27-28-29-30-31-32-33-34-35-37-39-41-45(49)46-43(42-47)44(48)40-38-36-10-8-6-4-2/h5,7,11-12,14-15,17-18,20-21,23-24,43-44,47-48H,3-4,6,8-10,13,16,19,22,25-42H2,1-2H3,(H,46,49)/b7-5-,12-11-,15-14-,18-17-,21-20-,24-23-. The number of rotatable bonds is 36. The molecule has 0 rings (SSSR count). The van der Waals surface area contributed by atoms with Gasteiger partial charge in [-0.25, -0.2) is 0 Å². The van der Waals surface area contributed by atoms with Crippen LogP contribution in [0.15, 0.2) is 72.9 Å². The molecule has 282 valence electrons. The maximum atomic E-state index is 12.3. The van der Waals surface area contributed by atoms with Crippen molar-refractivity contribution in [3.8, 4) is 0 Å². The highest BCUT2D eigenvalue weighted by atomic mass is 16.3. The average Bonchev–Trinajstić information content (AvgIpc) is 3.10. The molecule has 0 aromatic heterocycles. The summed E-state index contributed by atoms with van der Waals surface area (Å²) in [5.74, 6) is -0.0431. The summed E-state index contributed by atoms with van der Waals surface area (Å²) in [6, 6.07) is -0.536. The zero-order chi connectivity index (χ0) is 35.7. The Morgan fingerprint density at radius 1 is 0.510 bits per heavy atom. The molecule has 2 atom stereocenters. The molecule has 0 spiro atoms. The normalized spacial score (nSPS) is 13.8. The van der Waals surface area contributed by atoms with Crippen LogP contribution in [0.3, 0.4) is 0 Å². The Morgan fingerprint density at radius 2 is 0.898 bits per heavy atom. The van der Waals surface area contributed by atoms with Crippen LogP contribution in [-0.4, -0.2) is 34.9 Å². The SMILES string of the molecule is CC/C=C\C/C=C\C/C=C\C/C=C\C/C=C\C/C=C\CCCCCCCCCCCCCCC(=O)NC(CO)C(O)CCCCCCCC. The molecule has 2 unspecified atom stereocenters. The van der Waals surface area contributed by atoms with Crippen molar-refractivity contribution >= 4 is 5.91 Å². The fraction of sp³-hybridized carbons (Fsp3) is 0.711. The topological polar surface area (TPSA) is 69.6 Å². The number of aliphatic hydroxyl groups is 2. The van der Waals surface area contributed by atoms with E-state index in [1.54, 1.807) is 0 Å². The van der Waals surface area contributed by atoms with Crippen LogP contribution >= 0.6 is 0 Å². The van der Waals surface area contributed by atoms with Gasteiger partial charge in [0.25, 0.3) is 0 Å². The maximum absolute atomic E-state index is 12.3. The molecule has 0 fully saturated rings. The molecule has 0 bridgehead atoms. The summed E-state index contributed by atoms with van der Waals surface area (Å²) in [6.07, 6.45) is 57.1. The minimum Gasteiger partial charge on any atom is -0.394 e. The van der Waals surface area contributed by atoms with Crippen LogP contribution in [-0.2, 0) is 4.79 Å². The van der Waals surface area contributed by atoms with Gasteiger partial charge in [-0.2, -0.15) is 0 Å². The van der Waals surface area contributed by atoms with Crippen LogP contribution in [0.4, 0.5) is 0 Å². The number of unbranched alkanes of at least 4 members (excludes halogenated alkanes) is 17. The summed E-state index contributed by atoms with van der Waals surface area (Å²) in [6.45, 7) is 4.17. The van der Waals surface area contributed by atoms with Crippen LogP contribution in [0.2, 0.25) is 0 Å².